The quantitative estimate of drug-likeness (QED) is 0.290. The lowest BCUT2D eigenvalue weighted by Crippen LogP contribution is -2.42. The molecule has 0 spiro atoms. The van der Waals surface area contributed by atoms with Crippen LogP contribution in [0, 0.1) is 0 Å². The second-order valence-corrected chi connectivity index (χ2v) is 5.35. The van der Waals surface area contributed by atoms with Crippen molar-refractivity contribution in [1.29, 1.82) is 0 Å². The van der Waals surface area contributed by atoms with Crippen molar-refractivity contribution >= 4 is 29.9 Å². The van der Waals surface area contributed by atoms with Crippen LogP contribution in [-0.2, 0) is 6.54 Å². The van der Waals surface area contributed by atoms with E-state index < -0.39 is 12.8 Å². The third kappa shape index (κ3) is 7.93. The van der Waals surface area contributed by atoms with Gasteiger partial charge in [-0.2, -0.15) is 13.2 Å². The summed E-state index contributed by atoms with van der Waals surface area (Å²) in [5.41, 5.74) is 0.503. The molecule has 0 aliphatic heterocycles. The van der Waals surface area contributed by atoms with Crippen molar-refractivity contribution in [2.75, 3.05) is 13.2 Å². The molecule has 1 aromatic rings. The van der Waals surface area contributed by atoms with Gasteiger partial charge in [-0.25, -0.2) is 9.98 Å². The average Bonchev–Trinajstić information content (AvgIpc) is 3.04. The maximum atomic E-state index is 12.3. The number of pyridine rings is 1. The molecule has 9 heteroatoms. The molecule has 2 rings (SSSR count). The van der Waals surface area contributed by atoms with E-state index in [-0.39, 0.29) is 42.4 Å². The number of ether oxygens (including phenoxy) is 1. The van der Waals surface area contributed by atoms with Crippen LogP contribution >= 0.6 is 24.0 Å². The number of aliphatic imine (C=N–C) groups is 1. The van der Waals surface area contributed by atoms with Crippen LogP contribution < -0.4 is 15.4 Å². The summed E-state index contributed by atoms with van der Waals surface area (Å²) >= 11 is 0. The second-order valence-electron chi connectivity index (χ2n) is 5.35. The molecule has 2 N–H and O–H groups in total. The Morgan fingerprint density at radius 3 is 2.72 bits per heavy atom. The highest BCUT2D eigenvalue weighted by molar-refractivity contribution is 14.0. The predicted molar refractivity (Wildman–Crippen MR) is 101 cm³/mol. The average molecular weight is 470 g/mol. The standard InChI is InChI=1S/C16H21F3N4O.HI/c1-2-20-15(23-13-7-3-4-8-13)22-10-12-6-5-9-21-14(12)24-11-16(17,18)19;/h3-6,9,13H,2,7-8,10-11H2,1H3,(H2,20,22,23);1H. The molecule has 0 saturated carbocycles. The lowest BCUT2D eigenvalue weighted by atomic mass is 10.2. The van der Waals surface area contributed by atoms with E-state index in [1.807, 2.05) is 6.92 Å². The summed E-state index contributed by atoms with van der Waals surface area (Å²) in [6, 6.07) is 3.59. The van der Waals surface area contributed by atoms with E-state index in [1.165, 1.54) is 6.20 Å². The zero-order valence-corrected chi connectivity index (χ0v) is 16.2. The zero-order valence-electron chi connectivity index (χ0n) is 13.8. The molecule has 0 bridgehead atoms. The molecule has 0 unspecified atom stereocenters. The van der Waals surface area contributed by atoms with Gasteiger partial charge in [0.05, 0.1) is 6.54 Å². The van der Waals surface area contributed by atoms with Gasteiger partial charge >= 0.3 is 6.18 Å². The highest BCUT2D eigenvalue weighted by Crippen LogP contribution is 2.20. The van der Waals surface area contributed by atoms with Gasteiger partial charge in [-0.15, -0.1) is 24.0 Å². The van der Waals surface area contributed by atoms with Gasteiger partial charge in [-0.1, -0.05) is 18.2 Å². The second kappa shape index (κ2) is 10.5. The Labute approximate surface area is 162 Å². The molecular formula is C16H22F3IN4O. The maximum absolute atomic E-state index is 12.3. The first-order valence-electron chi connectivity index (χ1n) is 7.81. The van der Waals surface area contributed by atoms with Crippen molar-refractivity contribution in [3.05, 3.63) is 36.0 Å². The number of alkyl halides is 3. The van der Waals surface area contributed by atoms with Crippen LogP contribution in [0.4, 0.5) is 13.2 Å². The van der Waals surface area contributed by atoms with Crippen LogP contribution in [0.3, 0.4) is 0 Å². The number of nitrogens with zero attached hydrogens (tertiary/aromatic N) is 2. The van der Waals surface area contributed by atoms with Crippen molar-refractivity contribution in [2.45, 2.75) is 38.5 Å². The van der Waals surface area contributed by atoms with E-state index in [4.69, 9.17) is 4.74 Å². The van der Waals surface area contributed by atoms with E-state index in [9.17, 15) is 13.2 Å². The molecular weight excluding hydrogens is 448 g/mol. The molecule has 0 amide bonds. The van der Waals surface area contributed by atoms with Crippen molar-refractivity contribution < 1.29 is 17.9 Å². The fourth-order valence-corrected chi connectivity index (χ4v) is 2.24. The van der Waals surface area contributed by atoms with Gasteiger partial charge in [0.2, 0.25) is 5.88 Å². The highest BCUT2D eigenvalue weighted by Gasteiger charge is 2.29. The lowest BCUT2D eigenvalue weighted by molar-refractivity contribution is -0.154. The minimum absolute atomic E-state index is 0. The normalized spacial score (nSPS) is 15.0. The van der Waals surface area contributed by atoms with Gasteiger partial charge in [0.25, 0.3) is 0 Å². The third-order valence-corrected chi connectivity index (χ3v) is 3.32. The number of hydrogen-bond donors (Lipinski definition) is 2. The monoisotopic (exact) mass is 470 g/mol. The van der Waals surface area contributed by atoms with Gasteiger partial charge in [-0.3, -0.25) is 0 Å². The Morgan fingerprint density at radius 1 is 1.36 bits per heavy atom. The van der Waals surface area contributed by atoms with Crippen LogP contribution in [0.1, 0.15) is 25.3 Å². The molecule has 1 heterocycles. The molecule has 0 radical (unpaired) electrons. The largest absolute Gasteiger partial charge is 0.468 e. The van der Waals surface area contributed by atoms with Crippen LogP contribution in [0.15, 0.2) is 35.5 Å². The number of hydrogen-bond acceptors (Lipinski definition) is 3. The number of aromatic nitrogens is 1. The van der Waals surface area contributed by atoms with E-state index >= 15 is 0 Å². The summed E-state index contributed by atoms with van der Waals surface area (Å²) in [6.07, 6.45) is 3.06. The summed E-state index contributed by atoms with van der Waals surface area (Å²) in [6.45, 7) is 1.45. The van der Waals surface area contributed by atoms with Crippen molar-refractivity contribution in [3.63, 3.8) is 0 Å². The Kier molecular flexibility index (Phi) is 9.01. The topological polar surface area (TPSA) is 58.5 Å². The van der Waals surface area contributed by atoms with Gasteiger partial charge in [-0.05, 0) is 25.8 Å². The van der Waals surface area contributed by atoms with Gasteiger partial charge in [0.15, 0.2) is 12.6 Å². The molecule has 5 nitrogen and oxygen atoms in total. The molecule has 0 saturated heterocycles. The fourth-order valence-electron chi connectivity index (χ4n) is 2.24. The third-order valence-electron chi connectivity index (χ3n) is 3.32. The molecule has 0 atom stereocenters. The van der Waals surface area contributed by atoms with Crippen LogP contribution in [0.5, 0.6) is 5.88 Å². The van der Waals surface area contributed by atoms with E-state index in [0.717, 1.165) is 12.8 Å². The highest BCUT2D eigenvalue weighted by atomic mass is 127. The van der Waals surface area contributed by atoms with Crippen LogP contribution in [0.2, 0.25) is 0 Å². The van der Waals surface area contributed by atoms with E-state index in [0.29, 0.717) is 18.1 Å². The van der Waals surface area contributed by atoms with Gasteiger partial charge < -0.3 is 15.4 Å². The number of nitrogens with one attached hydrogen (secondary N) is 2. The summed E-state index contributed by atoms with van der Waals surface area (Å²) < 4.78 is 41.7. The molecule has 0 fully saturated rings. The molecule has 1 aliphatic carbocycles. The lowest BCUT2D eigenvalue weighted by Gasteiger charge is -2.17. The Morgan fingerprint density at radius 2 is 2.08 bits per heavy atom. The smallest absolute Gasteiger partial charge is 0.422 e. The first kappa shape index (κ1) is 21.5. The van der Waals surface area contributed by atoms with Gasteiger partial charge in [0.1, 0.15) is 0 Å². The first-order chi connectivity index (χ1) is 11.5. The summed E-state index contributed by atoms with van der Waals surface area (Å²) in [4.78, 5) is 8.28. The minimum Gasteiger partial charge on any atom is -0.468 e. The summed E-state index contributed by atoms with van der Waals surface area (Å²) in [5.74, 6) is 0.578. The van der Waals surface area contributed by atoms with Crippen molar-refractivity contribution in [2.24, 2.45) is 4.99 Å². The number of rotatable bonds is 6. The first-order valence-corrected chi connectivity index (χ1v) is 7.81. The van der Waals surface area contributed by atoms with Crippen LogP contribution in [-0.4, -0.2) is 36.3 Å². The van der Waals surface area contributed by atoms with Crippen molar-refractivity contribution in [1.82, 2.24) is 15.6 Å². The SMILES string of the molecule is CCNC(=NCc1cccnc1OCC(F)(F)F)NC1CC=CC1.I. The molecule has 0 aromatic carbocycles. The van der Waals surface area contributed by atoms with Crippen molar-refractivity contribution in [3.8, 4) is 5.88 Å². The number of guanidine groups is 1. The van der Waals surface area contributed by atoms with Crippen LogP contribution in [0.25, 0.3) is 0 Å². The Balaban J connectivity index is 0.00000312. The minimum atomic E-state index is -4.40. The molecule has 25 heavy (non-hydrogen) atoms. The molecule has 1 aliphatic rings. The molecule has 140 valence electrons. The number of halogens is 4. The summed E-state index contributed by atoms with van der Waals surface area (Å²) in [7, 11) is 0. The van der Waals surface area contributed by atoms with E-state index in [2.05, 4.69) is 32.8 Å². The Hall–Kier alpha value is -1.52. The summed E-state index contributed by atoms with van der Waals surface area (Å²) in [5, 5.41) is 6.42. The van der Waals surface area contributed by atoms with E-state index in [1.54, 1.807) is 12.1 Å². The fraction of sp³-hybridized carbons (Fsp3) is 0.500. The zero-order chi connectivity index (χ0) is 17.4. The predicted octanol–water partition coefficient (Wildman–Crippen LogP) is 3.41. The molecule has 1 aromatic heterocycles. The Bertz CT molecular complexity index is 585. The maximum Gasteiger partial charge on any atom is 0.422 e. The van der Waals surface area contributed by atoms with Gasteiger partial charge in [0, 0.05) is 24.3 Å².